The van der Waals surface area contributed by atoms with Crippen LogP contribution in [0.25, 0.3) is 0 Å². The van der Waals surface area contributed by atoms with E-state index in [1.807, 2.05) is 43.0 Å². The van der Waals surface area contributed by atoms with Crippen molar-refractivity contribution in [1.82, 2.24) is 0 Å². The van der Waals surface area contributed by atoms with Crippen LogP contribution in [0.4, 0.5) is 15.8 Å². The van der Waals surface area contributed by atoms with E-state index in [0.29, 0.717) is 17.8 Å². The van der Waals surface area contributed by atoms with E-state index < -0.39 is 0 Å². The molecule has 2 nitrogen and oxygen atoms in total. The first-order valence-electron chi connectivity index (χ1n) is 6.47. The molecule has 0 fully saturated rings. The Balaban J connectivity index is 2.58. The molecule has 0 aliphatic heterocycles. The Morgan fingerprint density at radius 2 is 1.95 bits per heavy atom. The molecule has 2 rings (SSSR count). The monoisotopic (exact) mass is 288 g/mol. The maximum Gasteiger partial charge on any atom is 0.135 e. The SMILES string of the molecule is CCN(c1cccc(C)c1)c1cccc(F)c1C(N)=S. The van der Waals surface area contributed by atoms with E-state index in [4.69, 9.17) is 18.0 Å². The lowest BCUT2D eigenvalue weighted by molar-refractivity contribution is 0.625. The van der Waals surface area contributed by atoms with Gasteiger partial charge in [0.25, 0.3) is 0 Å². The van der Waals surface area contributed by atoms with Crippen LogP contribution in [0.5, 0.6) is 0 Å². The molecule has 0 unspecified atom stereocenters. The van der Waals surface area contributed by atoms with E-state index in [2.05, 4.69) is 6.07 Å². The summed E-state index contributed by atoms with van der Waals surface area (Å²) in [6.07, 6.45) is 0. The van der Waals surface area contributed by atoms with Gasteiger partial charge in [-0.15, -0.1) is 0 Å². The zero-order chi connectivity index (χ0) is 14.7. The largest absolute Gasteiger partial charge is 0.389 e. The quantitative estimate of drug-likeness (QED) is 0.864. The summed E-state index contributed by atoms with van der Waals surface area (Å²) in [5.74, 6) is -0.388. The van der Waals surface area contributed by atoms with Crippen molar-refractivity contribution in [2.75, 3.05) is 11.4 Å². The molecule has 0 heterocycles. The minimum atomic E-state index is -0.388. The smallest absolute Gasteiger partial charge is 0.135 e. The average Bonchev–Trinajstić information content (AvgIpc) is 2.39. The number of nitrogens with two attached hydrogens (primary N) is 1. The topological polar surface area (TPSA) is 29.3 Å². The minimum Gasteiger partial charge on any atom is -0.389 e. The van der Waals surface area contributed by atoms with Crippen LogP contribution in [0.3, 0.4) is 0 Å². The molecule has 4 heteroatoms. The number of rotatable bonds is 4. The zero-order valence-electron chi connectivity index (χ0n) is 11.6. The van der Waals surface area contributed by atoms with E-state index in [9.17, 15) is 4.39 Å². The van der Waals surface area contributed by atoms with Gasteiger partial charge in [0.2, 0.25) is 0 Å². The van der Waals surface area contributed by atoms with Gasteiger partial charge in [-0.05, 0) is 43.7 Å². The lowest BCUT2D eigenvalue weighted by Gasteiger charge is -2.26. The second-order valence-corrected chi connectivity index (χ2v) is 5.02. The Kier molecular flexibility index (Phi) is 4.35. The molecule has 0 amide bonds. The second-order valence-electron chi connectivity index (χ2n) is 4.58. The number of anilines is 2. The van der Waals surface area contributed by atoms with Crippen LogP contribution >= 0.6 is 12.2 Å². The summed E-state index contributed by atoms with van der Waals surface area (Å²) >= 11 is 4.99. The maximum atomic E-state index is 14.0. The molecule has 0 atom stereocenters. The van der Waals surface area contributed by atoms with Gasteiger partial charge in [-0.1, -0.05) is 30.4 Å². The Bertz CT molecular complexity index is 640. The summed E-state index contributed by atoms with van der Waals surface area (Å²) in [7, 11) is 0. The van der Waals surface area contributed by atoms with E-state index in [1.165, 1.54) is 6.07 Å². The second kappa shape index (κ2) is 6.01. The van der Waals surface area contributed by atoms with Crippen molar-refractivity contribution >= 4 is 28.6 Å². The van der Waals surface area contributed by atoms with Crippen molar-refractivity contribution < 1.29 is 4.39 Å². The van der Waals surface area contributed by atoms with E-state index in [0.717, 1.165) is 11.3 Å². The number of hydrogen-bond acceptors (Lipinski definition) is 2. The number of thiocarbonyl (C=S) groups is 1. The molecule has 2 N–H and O–H groups in total. The minimum absolute atomic E-state index is 0.0733. The molecule has 0 aliphatic rings. The molecule has 0 aromatic heterocycles. The maximum absolute atomic E-state index is 14.0. The first-order valence-corrected chi connectivity index (χ1v) is 6.88. The summed E-state index contributed by atoms with van der Waals surface area (Å²) in [5.41, 5.74) is 8.82. The predicted octanol–water partition coefficient (Wildman–Crippen LogP) is 3.93. The molecule has 104 valence electrons. The molecular formula is C16H17FN2S. The molecule has 0 saturated carbocycles. The highest BCUT2D eigenvalue weighted by Crippen LogP contribution is 2.30. The first kappa shape index (κ1) is 14.5. The van der Waals surface area contributed by atoms with Crippen molar-refractivity contribution in [2.45, 2.75) is 13.8 Å². The van der Waals surface area contributed by atoms with Crippen LogP contribution in [-0.2, 0) is 0 Å². The van der Waals surface area contributed by atoms with Gasteiger partial charge in [-0.25, -0.2) is 4.39 Å². The number of hydrogen-bond donors (Lipinski definition) is 1. The molecule has 0 bridgehead atoms. The number of nitrogens with zero attached hydrogens (tertiary/aromatic N) is 1. The highest BCUT2D eigenvalue weighted by atomic mass is 32.1. The van der Waals surface area contributed by atoms with Crippen molar-refractivity contribution in [3.8, 4) is 0 Å². The van der Waals surface area contributed by atoms with Gasteiger partial charge in [-0.2, -0.15) is 0 Å². The molecule has 0 radical (unpaired) electrons. The van der Waals surface area contributed by atoms with Crippen molar-refractivity contribution in [1.29, 1.82) is 0 Å². The molecular weight excluding hydrogens is 271 g/mol. The third kappa shape index (κ3) is 2.80. The summed E-state index contributed by atoms with van der Waals surface area (Å²) in [6.45, 7) is 4.73. The van der Waals surface area contributed by atoms with Crippen LogP contribution in [0.2, 0.25) is 0 Å². The third-order valence-electron chi connectivity index (χ3n) is 3.16. The zero-order valence-corrected chi connectivity index (χ0v) is 12.4. The highest BCUT2D eigenvalue weighted by Gasteiger charge is 2.17. The summed E-state index contributed by atoms with van der Waals surface area (Å²) in [5, 5.41) is 0. The van der Waals surface area contributed by atoms with Gasteiger partial charge >= 0.3 is 0 Å². The van der Waals surface area contributed by atoms with Crippen molar-refractivity contribution in [3.05, 3.63) is 59.4 Å². The normalized spacial score (nSPS) is 10.3. The van der Waals surface area contributed by atoms with E-state index in [-0.39, 0.29) is 10.8 Å². The van der Waals surface area contributed by atoms with Crippen LogP contribution in [0.15, 0.2) is 42.5 Å². The van der Waals surface area contributed by atoms with Gasteiger partial charge in [0.1, 0.15) is 10.8 Å². The van der Waals surface area contributed by atoms with Crippen LogP contribution in [0, 0.1) is 12.7 Å². The van der Waals surface area contributed by atoms with Crippen LogP contribution in [0.1, 0.15) is 18.1 Å². The number of halogens is 1. The Morgan fingerprint density at radius 3 is 2.55 bits per heavy atom. The fourth-order valence-electron chi connectivity index (χ4n) is 2.27. The summed E-state index contributed by atoms with van der Waals surface area (Å²) in [4.78, 5) is 2.08. The molecule has 0 aliphatic carbocycles. The lowest BCUT2D eigenvalue weighted by atomic mass is 10.1. The van der Waals surface area contributed by atoms with Crippen molar-refractivity contribution in [3.63, 3.8) is 0 Å². The van der Waals surface area contributed by atoms with Gasteiger partial charge in [0.15, 0.2) is 0 Å². The number of benzene rings is 2. The standard InChI is InChI=1S/C16H17FN2S/c1-3-19(12-7-4-6-11(2)10-12)14-9-5-8-13(17)15(14)16(18)20/h4-10H,3H2,1-2H3,(H2,18,20). The fourth-order valence-corrected chi connectivity index (χ4v) is 2.47. The average molecular weight is 288 g/mol. The van der Waals surface area contributed by atoms with Gasteiger partial charge in [0.05, 0.1) is 11.3 Å². The summed E-state index contributed by atoms with van der Waals surface area (Å²) in [6, 6.07) is 12.9. The number of aryl methyl sites for hydroxylation is 1. The Labute approximate surface area is 124 Å². The van der Waals surface area contributed by atoms with Crippen LogP contribution < -0.4 is 10.6 Å². The van der Waals surface area contributed by atoms with Gasteiger partial charge < -0.3 is 10.6 Å². The van der Waals surface area contributed by atoms with Gasteiger partial charge in [-0.3, -0.25) is 0 Å². The van der Waals surface area contributed by atoms with Crippen molar-refractivity contribution in [2.24, 2.45) is 5.73 Å². The molecule has 2 aromatic rings. The first-order chi connectivity index (χ1) is 9.54. The highest BCUT2D eigenvalue weighted by molar-refractivity contribution is 7.80. The van der Waals surface area contributed by atoms with E-state index in [1.54, 1.807) is 6.07 Å². The Hall–Kier alpha value is -1.94. The third-order valence-corrected chi connectivity index (χ3v) is 3.36. The fraction of sp³-hybridized carbons (Fsp3) is 0.188. The lowest BCUT2D eigenvalue weighted by Crippen LogP contribution is -2.22. The van der Waals surface area contributed by atoms with Crippen LogP contribution in [-0.4, -0.2) is 11.5 Å². The van der Waals surface area contributed by atoms with Gasteiger partial charge in [0, 0.05) is 12.2 Å². The molecule has 20 heavy (non-hydrogen) atoms. The summed E-state index contributed by atoms with van der Waals surface area (Å²) < 4.78 is 14.0. The predicted molar refractivity (Wildman–Crippen MR) is 86.1 cm³/mol. The van der Waals surface area contributed by atoms with E-state index >= 15 is 0 Å². The molecule has 0 spiro atoms. The molecule has 0 saturated heterocycles. The Morgan fingerprint density at radius 1 is 1.25 bits per heavy atom. The molecule has 2 aromatic carbocycles.